The summed E-state index contributed by atoms with van der Waals surface area (Å²) in [6.45, 7) is 2.96. The fraction of sp³-hybridized carbons (Fsp3) is 0.611. The lowest BCUT2D eigenvalue weighted by Gasteiger charge is -2.60. The van der Waals surface area contributed by atoms with E-state index in [0.29, 0.717) is 19.3 Å². The van der Waals surface area contributed by atoms with Crippen molar-refractivity contribution in [1.29, 1.82) is 0 Å². The molecular weight excluding hydrogens is 278 g/mol. The predicted octanol–water partition coefficient (Wildman–Crippen LogP) is 1.64. The molecule has 4 nitrogen and oxygen atoms in total. The minimum Gasteiger partial charge on any atom is -0.497 e. The predicted molar refractivity (Wildman–Crippen MR) is 83.3 cm³/mol. The van der Waals surface area contributed by atoms with E-state index in [2.05, 4.69) is 24.4 Å². The Kier molecular flexibility index (Phi) is 2.94. The molecule has 1 aromatic rings. The van der Waals surface area contributed by atoms with Crippen LogP contribution in [0.5, 0.6) is 5.75 Å². The van der Waals surface area contributed by atoms with Gasteiger partial charge in [-0.1, -0.05) is 0 Å². The van der Waals surface area contributed by atoms with Crippen LogP contribution in [-0.4, -0.2) is 36.2 Å². The molecule has 1 aliphatic heterocycles. The Morgan fingerprint density at radius 2 is 2.18 bits per heavy atom. The van der Waals surface area contributed by atoms with Crippen molar-refractivity contribution in [2.45, 2.75) is 56.1 Å². The van der Waals surface area contributed by atoms with Crippen LogP contribution in [0.3, 0.4) is 0 Å². The first-order valence-corrected chi connectivity index (χ1v) is 8.16. The number of hydrogen-bond acceptors (Lipinski definition) is 4. The van der Waals surface area contributed by atoms with Crippen molar-refractivity contribution >= 4 is 5.78 Å². The Morgan fingerprint density at radius 3 is 2.95 bits per heavy atom. The standard InChI is InChI=1S/C18H23NO3/c1-11-7-13(22-2)8-15-14(11)9-16-18(21)4-3-12(20)10-17(15,18)5-6-19-16/h7-8,16,19,21H,3-6,9-10H2,1-2H3. The minimum atomic E-state index is -0.815. The molecule has 0 aromatic heterocycles. The molecular formula is C18H23NO3. The Hall–Kier alpha value is -1.39. The Labute approximate surface area is 130 Å². The van der Waals surface area contributed by atoms with E-state index in [1.54, 1.807) is 7.11 Å². The van der Waals surface area contributed by atoms with Crippen LogP contribution in [0.25, 0.3) is 0 Å². The maximum absolute atomic E-state index is 12.2. The first kappa shape index (κ1) is 14.2. The molecule has 3 aliphatic rings. The highest BCUT2D eigenvalue weighted by Gasteiger charge is 2.63. The topological polar surface area (TPSA) is 58.6 Å². The number of piperidine rings is 1. The van der Waals surface area contributed by atoms with Gasteiger partial charge in [0.1, 0.15) is 11.5 Å². The number of fused-ring (bicyclic) bond motifs is 1. The highest BCUT2D eigenvalue weighted by atomic mass is 16.5. The normalized spacial score (nSPS) is 36.5. The van der Waals surface area contributed by atoms with Gasteiger partial charge >= 0.3 is 0 Å². The number of ketones is 1. The first-order chi connectivity index (χ1) is 10.5. The number of carbonyl (C=O) groups excluding carboxylic acids is 1. The molecule has 1 heterocycles. The molecule has 2 aliphatic carbocycles. The van der Waals surface area contributed by atoms with Gasteiger partial charge in [-0.15, -0.1) is 0 Å². The van der Waals surface area contributed by atoms with Crippen LogP contribution in [0.15, 0.2) is 12.1 Å². The zero-order valence-electron chi connectivity index (χ0n) is 13.2. The summed E-state index contributed by atoms with van der Waals surface area (Å²) < 4.78 is 5.45. The summed E-state index contributed by atoms with van der Waals surface area (Å²) in [4.78, 5) is 12.2. The maximum atomic E-state index is 12.2. The van der Waals surface area contributed by atoms with Gasteiger partial charge in [-0.25, -0.2) is 0 Å². The second kappa shape index (κ2) is 4.56. The highest BCUT2D eigenvalue weighted by Crippen LogP contribution is 2.56. The molecule has 4 rings (SSSR count). The van der Waals surface area contributed by atoms with Crippen molar-refractivity contribution in [2.75, 3.05) is 13.7 Å². The van der Waals surface area contributed by atoms with Crippen molar-refractivity contribution in [2.24, 2.45) is 0 Å². The SMILES string of the molecule is COc1cc(C)c2c(c1)C13CCNC(C2)C1(O)CCC(=O)C3. The molecule has 4 heteroatoms. The first-order valence-electron chi connectivity index (χ1n) is 8.16. The van der Waals surface area contributed by atoms with Crippen molar-refractivity contribution in [3.8, 4) is 5.75 Å². The molecule has 3 unspecified atom stereocenters. The van der Waals surface area contributed by atoms with Crippen LogP contribution in [0.4, 0.5) is 0 Å². The molecule has 1 saturated heterocycles. The molecule has 2 bridgehead atoms. The fourth-order valence-corrected chi connectivity index (χ4v) is 5.10. The van der Waals surface area contributed by atoms with Crippen LogP contribution >= 0.6 is 0 Å². The lowest BCUT2D eigenvalue weighted by atomic mass is 9.49. The van der Waals surface area contributed by atoms with E-state index in [9.17, 15) is 9.90 Å². The molecule has 3 atom stereocenters. The Morgan fingerprint density at radius 1 is 1.36 bits per heavy atom. The minimum absolute atomic E-state index is 0.0499. The van der Waals surface area contributed by atoms with Crippen LogP contribution in [0, 0.1) is 6.92 Å². The number of hydrogen-bond donors (Lipinski definition) is 2. The van der Waals surface area contributed by atoms with Crippen LogP contribution in [0.2, 0.25) is 0 Å². The smallest absolute Gasteiger partial charge is 0.134 e. The van der Waals surface area contributed by atoms with E-state index in [-0.39, 0.29) is 11.8 Å². The van der Waals surface area contributed by atoms with Crippen molar-refractivity contribution in [1.82, 2.24) is 5.32 Å². The zero-order chi connectivity index (χ0) is 15.5. The summed E-state index contributed by atoms with van der Waals surface area (Å²) in [7, 11) is 1.67. The average molecular weight is 301 g/mol. The number of aliphatic hydroxyl groups is 1. The number of nitrogens with one attached hydrogen (secondary N) is 1. The summed E-state index contributed by atoms with van der Waals surface area (Å²) >= 11 is 0. The summed E-state index contributed by atoms with van der Waals surface area (Å²) in [6.07, 6.45) is 3.16. The maximum Gasteiger partial charge on any atom is 0.134 e. The quantitative estimate of drug-likeness (QED) is 0.828. The second-order valence-electron chi connectivity index (χ2n) is 7.15. The molecule has 2 fully saturated rings. The highest BCUT2D eigenvalue weighted by molar-refractivity contribution is 5.82. The molecule has 0 radical (unpaired) electrons. The molecule has 1 saturated carbocycles. The van der Waals surface area contributed by atoms with E-state index in [1.165, 1.54) is 11.1 Å². The number of rotatable bonds is 1. The molecule has 0 amide bonds. The lowest BCUT2D eigenvalue weighted by molar-refractivity contribution is -0.149. The number of ether oxygens (including phenoxy) is 1. The lowest BCUT2D eigenvalue weighted by Crippen LogP contribution is -2.72. The number of Topliss-reactive ketones (excluding diaryl/α,β-unsaturated/α-hetero) is 1. The molecule has 22 heavy (non-hydrogen) atoms. The van der Waals surface area contributed by atoms with Crippen LogP contribution in [0.1, 0.15) is 42.4 Å². The number of benzene rings is 1. The van der Waals surface area contributed by atoms with Crippen molar-refractivity contribution < 1.29 is 14.6 Å². The van der Waals surface area contributed by atoms with Gasteiger partial charge in [0.25, 0.3) is 0 Å². The number of carbonyl (C=O) groups is 1. The fourth-order valence-electron chi connectivity index (χ4n) is 5.10. The van der Waals surface area contributed by atoms with Gasteiger partial charge in [0.05, 0.1) is 12.7 Å². The summed E-state index contributed by atoms with van der Waals surface area (Å²) in [6, 6.07) is 4.17. The Bertz CT molecular complexity index is 656. The van der Waals surface area contributed by atoms with E-state index < -0.39 is 11.0 Å². The third-order valence-electron chi connectivity index (χ3n) is 6.24. The number of methoxy groups -OCH3 is 1. The van der Waals surface area contributed by atoms with E-state index in [0.717, 1.165) is 30.7 Å². The Balaban J connectivity index is 1.99. The average Bonchev–Trinajstić information content (AvgIpc) is 2.48. The molecule has 2 N–H and O–H groups in total. The summed E-state index contributed by atoms with van der Waals surface area (Å²) in [5.74, 6) is 1.10. The second-order valence-corrected chi connectivity index (χ2v) is 7.15. The number of aryl methyl sites for hydroxylation is 1. The van der Waals surface area contributed by atoms with Crippen molar-refractivity contribution in [3.63, 3.8) is 0 Å². The van der Waals surface area contributed by atoms with E-state index >= 15 is 0 Å². The van der Waals surface area contributed by atoms with Gasteiger partial charge in [0.2, 0.25) is 0 Å². The van der Waals surface area contributed by atoms with Gasteiger partial charge in [-0.2, -0.15) is 0 Å². The molecule has 118 valence electrons. The monoisotopic (exact) mass is 301 g/mol. The van der Waals surface area contributed by atoms with Gasteiger partial charge in [0.15, 0.2) is 0 Å². The van der Waals surface area contributed by atoms with Gasteiger partial charge in [0, 0.05) is 24.3 Å². The van der Waals surface area contributed by atoms with Gasteiger partial charge in [-0.05, 0) is 61.6 Å². The third kappa shape index (κ3) is 1.62. The van der Waals surface area contributed by atoms with E-state index in [1.807, 2.05) is 0 Å². The van der Waals surface area contributed by atoms with Gasteiger partial charge in [-0.3, -0.25) is 4.79 Å². The zero-order valence-corrected chi connectivity index (χ0v) is 13.2. The largest absolute Gasteiger partial charge is 0.497 e. The van der Waals surface area contributed by atoms with Gasteiger partial charge < -0.3 is 15.2 Å². The summed E-state index contributed by atoms with van der Waals surface area (Å²) in [5.41, 5.74) is 2.38. The van der Waals surface area contributed by atoms with Crippen molar-refractivity contribution in [3.05, 3.63) is 28.8 Å². The summed E-state index contributed by atoms with van der Waals surface area (Å²) in [5, 5.41) is 15.0. The molecule has 0 spiro atoms. The third-order valence-corrected chi connectivity index (χ3v) is 6.24. The van der Waals surface area contributed by atoms with Crippen LogP contribution < -0.4 is 10.1 Å². The van der Waals surface area contributed by atoms with E-state index in [4.69, 9.17) is 4.74 Å². The molecule has 1 aromatic carbocycles. The van der Waals surface area contributed by atoms with Crippen LogP contribution in [-0.2, 0) is 16.6 Å².